The van der Waals surface area contributed by atoms with E-state index in [1.807, 2.05) is 0 Å². The van der Waals surface area contributed by atoms with Gasteiger partial charge in [0.1, 0.15) is 12.4 Å². The molecule has 2 heteroatoms. The second kappa shape index (κ2) is 12.7. The van der Waals surface area contributed by atoms with Gasteiger partial charge >= 0.3 is 0 Å². The summed E-state index contributed by atoms with van der Waals surface area (Å²) >= 11 is 0. The van der Waals surface area contributed by atoms with E-state index in [9.17, 15) is 0 Å². The number of rotatable bonds is 14. The smallest absolute Gasteiger partial charge is 0.234 e. The fourth-order valence-corrected chi connectivity index (χ4v) is 3.74. The van der Waals surface area contributed by atoms with E-state index >= 15 is 0 Å². The molecule has 144 valence electrons. The van der Waals surface area contributed by atoms with Gasteiger partial charge in [-0.15, -0.1) is 0 Å². The molecule has 26 heavy (non-hydrogen) atoms. The van der Waals surface area contributed by atoms with Crippen LogP contribution in [0.25, 0.3) is 0 Å². The number of unbranched alkanes of at least 4 members (excludes halogenated alkanes) is 9. The first-order valence-corrected chi connectivity index (χ1v) is 11.0. The molecular weight excluding hydrogens is 316 g/mol. The van der Waals surface area contributed by atoms with E-state index in [1.165, 1.54) is 75.6 Å². The van der Waals surface area contributed by atoms with E-state index in [0.29, 0.717) is 0 Å². The van der Waals surface area contributed by atoms with Crippen molar-refractivity contribution in [3.63, 3.8) is 0 Å². The Morgan fingerprint density at radius 1 is 0.769 bits per heavy atom. The van der Waals surface area contributed by atoms with Gasteiger partial charge in [0.2, 0.25) is 0 Å². The Hall–Kier alpha value is -1.57. The Labute approximate surface area is 161 Å². The Morgan fingerprint density at radius 2 is 1.38 bits per heavy atom. The van der Waals surface area contributed by atoms with E-state index in [0.717, 1.165) is 19.5 Å². The zero-order chi connectivity index (χ0) is 18.5. The van der Waals surface area contributed by atoms with Gasteiger partial charge in [-0.2, -0.15) is 0 Å². The summed E-state index contributed by atoms with van der Waals surface area (Å²) in [6.45, 7) is 6.73. The summed E-state index contributed by atoms with van der Waals surface area (Å²) in [5, 5.41) is 0. The molecule has 2 rings (SSSR count). The fraction of sp³-hybridized carbons (Fsp3) is 0.625. The summed E-state index contributed by atoms with van der Waals surface area (Å²) in [5.74, 6) is 1.44. The van der Waals surface area contributed by atoms with E-state index in [4.69, 9.17) is 0 Å². The van der Waals surface area contributed by atoms with E-state index in [2.05, 4.69) is 65.7 Å². The van der Waals surface area contributed by atoms with Crippen LogP contribution in [0, 0.1) is 0 Å². The molecule has 0 aliphatic heterocycles. The summed E-state index contributed by atoms with van der Waals surface area (Å²) in [6.07, 6.45) is 19.5. The second-order valence-electron chi connectivity index (χ2n) is 7.54. The van der Waals surface area contributed by atoms with Gasteiger partial charge in [0.15, 0.2) is 0 Å². The Bertz CT molecular complexity index is 586. The summed E-state index contributed by atoms with van der Waals surface area (Å²) < 4.78 is 4.87. The van der Waals surface area contributed by atoms with Crippen LogP contribution in [-0.4, -0.2) is 4.57 Å². The van der Waals surface area contributed by atoms with E-state index < -0.39 is 0 Å². The molecule has 0 spiro atoms. The molecule has 0 bridgehead atoms. The number of hydrogen-bond donors (Lipinski definition) is 0. The molecule has 1 aromatic heterocycles. The largest absolute Gasteiger partial charge is 0.260 e. The van der Waals surface area contributed by atoms with Gasteiger partial charge in [-0.1, -0.05) is 88.6 Å². The SMILES string of the molecule is CCCCCCCCCCCCn1cc[n+](CC)c1Cc1ccccc1. The van der Waals surface area contributed by atoms with Crippen molar-refractivity contribution < 1.29 is 4.57 Å². The van der Waals surface area contributed by atoms with Gasteiger partial charge in [-0.3, -0.25) is 0 Å². The van der Waals surface area contributed by atoms with Crippen molar-refractivity contribution in [2.45, 2.75) is 97.6 Å². The topological polar surface area (TPSA) is 8.81 Å². The molecule has 0 aliphatic carbocycles. The lowest BCUT2D eigenvalue weighted by Gasteiger charge is -2.05. The Balaban J connectivity index is 1.68. The molecule has 0 saturated carbocycles. The molecule has 0 unspecified atom stereocenters. The highest BCUT2D eigenvalue weighted by molar-refractivity contribution is 5.18. The maximum Gasteiger partial charge on any atom is 0.260 e. The lowest BCUT2D eigenvalue weighted by molar-refractivity contribution is -0.700. The normalized spacial score (nSPS) is 11.2. The highest BCUT2D eigenvalue weighted by Crippen LogP contribution is 2.12. The van der Waals surface area contributed by atoms with Crippen molar-refractivity contribution in [2.75, 3.05) is 0 Å². The number of aromatic nitrogens is 2. The minimum Gasteiger partial charge on any atom is -0.234 e. The molecule has 2 aromatic rings. The third-order valence-electron chi connectivity index (χ3n) is 5.39. The maximum absolute atomic E-state index is 2.47. The van der Waals surface area contributed by atoms with Crippen LogP contribution in [0.15, 0.2) is 42.7 Å². The number of imidazole rings is 1. The first kappa shape index (κ1) is 20.7. The first-order valence-electron chi connectivity index (χ1n) is 11.0. The average Bonchev–Trinajstić information content (AvgIpc) is 3.06. The minimum atomic E-state index is 1.03. The molecule has 0 N–H and O–H groups in total. The fourth-order valence-electron chi connectivity index (χ4n) is 3.74. The summed E-state index contributed by atoms with van der Waals surface area (Å²) in [5.41, 5.74) is 1.40. The van der Waals surface area contributed by atoms with Crippen molar-refractivity contribution in [3.8, 4) is 0 Å². The second-order valence-corrected chi connectivity index (χ2v) is 7.54. The molecule has 1 heterocycles. The van der Waals surface area contributed by atoms with Gasteiger partial charge in [-0.25, -0.2) is 9.13 Å². The molecular formula is C24H39N2+. The number of hydrogen-bond acceptors (Lipinski definition) is 0. The number of aryl methyl sites for hydroxylation is 2. The van der Waals surface area contributed by atoms with Crippen LogP contribution in [0.3, 0.4) is 0 Å². The summed E-state index contributed by atoms with van der Waals surface area (Å²) in [4.78, 5) is 0. The molecule has 0 radical (unpaired) electrons. The predicted molar refractivity (Wildman–Crippen MR) is 111 cm³/mol. The van der Waals surface area contributed by atoms with Crippen LogP contribution in [0.5, 0.6) is 0 Å². The van der Waals surface area contributed by atoms with Gasteiger partial charge in [-0.05, 0) is 25.3 Å². The molecule has 0 atom stereocenters. The van der Waals surface area contributed by atoms with Crippen LogP contribution in [-0.2, 0) is 19.5 Å². The van der Waals surface area contributed by atoms with Gasteiger partial charge in [0.25, 0.3) is 5.82 Å². The first-order chi connectivity index (χ1) is 12.8. The zero-order valence-corrected chi connectivity index (χ0v) is 17.1. The third kappa shape index (κ3) is 7.35. The van der Waals surface area contributed by atoms with Crippen LogP contribution >= 0.6 is 0 Å². The highest BCUT2D eigenvalue weighted by Gasteiger charge is 2.16. The molecule has 0 amide bonds. The summed E-state index contributed by atoms with van der Waals surface area (Å²) in [6, 6.07) is 10.8. The van der Waals surface area contributed by atoms with E-state index in [-0.39, 0.29) is 0 Å². The molecule has 1 aromatic carbocycles. The van der Waals surface area contributed by atoms with E-state index in [1.54, 1.807) is 0 Å². The quantitative estimate of drug-likeness (QED) is 0.277. The average molecular weight is 356 g/mol. The molecule has 0 aliphatic rings. The standard InChI is InChI=1S/C24H39N2/c1-3-5-6-7-8-9-10-11-12-16-19-26-21-20-25(4-2)24(26)22-23-17-14-13-15-18-23/h13-15,17-18,20-21H,3-12,16,19,22H2,1-2H3/q+1. The molecule has 2 nitrogen and oxygen atoms in total. The van der Waals surface area contributed by atoms with Crippen molar-refractivity contribution >= 4 is 0 Å². The maximum atomic E-state index is 2.47. The Morgan fingerprint density at radius 3 is 2.00 bits per heavy atom. The highest BCUT2D eigenvalue weighted by atomic mass is 15.1. The monoisotopic (exact) mass is 355 g/mol. The van der Waals surface area contributed by atoms with Crippen LogP contribution in [0.1, 0.15) is 89.4 Å². The van der Waals surface area contributed by atoms with Gasteiger partial charge < -0.3 is 0 Å². The number of benzene rings is 1. The Kier molecular flexibility index (Phi) is 10.2. The van der Waals surface area contributed by atoms with Gasteiger partial charge in [0.05, 0.1) is 19.5 Å². The predicted octanol–water partition coefficient (Wildman–Crippen LogP) is 6.31. The van der Waals surface area contributed by atoms with Crippen molar-refractivity contribution in [3.05, 3.63) is 54.1 Å². The summed E-state index contributed by atoms with van der Waals surface area (Å²) in [7, 11) is 0. The third-order valence-corrected chi connectivity index (χ3v) is 5.39. The van der Waals surface area contributed by atoms with Crippen molar-refractivity contribution in [2.24, 2.45) is 0 Å². The molecule has 0 fully saturated rings. The lowest BCUT2D eigenvalue weighted by atomic mass is 10.1. The lowest BCUT2D eigenvalue weighted by Crippen LogP contribution is -2.36. The van der Waals surface area contributed by atoms with Crippen LogP contribution in [0.4, 0.5) is 0 Å². The minimum absolute atomic E-state index is 1.03. The van der Waals surface area contributed by atoms with Crippen molar-refractivity contribution in [1.82, 2.24) is 4.57 Å². The zero-order valence-electron chi connectivity index (χ0n) is 17.1. The van der Waals surface area contributed by atoms with Crippen LogP contribution < -0.4 is 4.57 Å². The number of nitrogens with zero attached hydrogens (tertiary/aromatic N) is 2. The van der Waals surface area contributed by atoms with Crippen LogP contribution in [0.2, 0.25) is 0 Å². The van der Waals surface area contributed by atoms with Crippen molar-refractivity contribution in [1.29, 1.82) is 0 Å². The van der Waals surface area contributed by atoms with Gasteiger partial charge in [0, 0.05) is 0 Å². The molecule has 0 saturated heterocycles.